The number of ether oxygens (including phenoxy) is 1. The lowest BCUT2D eigenvalue weighted by Crippen LogP contribution is -2.48. The average Bonchev–Trinajstić information content (AvgIpc) is 2.73. The molecule has 0 amide bonds. The van der Waals surface area contributed by atoms with Gasteiger partial charge in [0.15, 0.2) is 0 Å². The molecule has 2 rings (SSSR count). The first-order chi connectivity index (χ1) is 8.76. The van der Waals surface area contributed by atoms with Gasteiger partial charge in [-0.05, 0) is 19.9 Å². The van der Waals surface area contributed by atoms with Gasteiger partial charge in [-0.15, -0.1) is 0 Å². The van der Waals surface area contributed by atoms with Gasteiger partial charge >= 0.3 is 0 Å². The zero-order valence-corrected chi connectivity index (χ0v) is 11.1. The molecule has 5 heteroatoms. The van der Waals surface area contributed by atoms with E-state index >= 15 is 0 Å². The van der Waals surface area contributed by atoms with E-state index in [1.54, 1.807) is 0 Å². The molecule has 2 aliphatic rings. The van der Waals surface area contributed by atoms with Crippen LogP contribution >= 0.6 is 0 Å². The molecule has 4 unspecified atom stereocenters. The summed E-state index contributed by atoms with van der Waals surface area (Å²) in [6.45, 7) is 0.614. The first-order valence-corrected chi connectivity index (χ1v) is 7.11. The van der Waals surface area contributed by atoms with Crippen molar-refractivity contribution in [3.8, 4) is 0 Å². The Morgan fingerprint density at radius 1 is 1.17 bits per heavy atom. The summed E-state index contributed by atoms with van der Waals surface area (Å²) in [5, 5.41) is 25.8. The van der Waals surface area contributed by atoms with Crippen LogP contribution in [0.2, 0.25) is 0 Å². The van der Waals surface area contributed by atoms with E-state index in [-0.39, 0.29) is 18.8 Å². The molecule has 0 aromatic heterocycles. The Bertz CT molecular complexity index is 246. The predicted octanol–water partition coefficient (Wildman–Crippen LogP) is -0.383. The zero-order chi connectivity index (χ0) is 13.0. The average molecular weight is 258 g/mol. The van der Waals surface area contributed by atoms with Gasteiger partial charge in [-0.2, -0.15) is 0 Å². The van der Waals surface area contributed by atoms with Gasteiger partial charge < -0.3 is 25.6 Å². The second-order valence-corrected chi connectivity index (χ2v) is 5.44. The summed E-state index contributed by atoms with van der Waals surface area (Å²) in [7, 11) is 1.82. The Labute approximate surface area is 109 Å². The molecule has 4 N–H and O–H groups in total. The summed E-state index contributed by atoms with van der Waals surface area (Å²) in [4.78, 5) is 0. The smallest absolute Gasteiger partial charge is 0.108 e. The standard InChI is InChI=1S/C13H26N2O3/c1-14-12-10(18-11(8-16)13(12)17)7-15-9-5-3-2-4-6-9/h9-17H,2-8H2,1H3. The maximum Gasteiger partial charge on any atom is 0.108 e. The van der Waals surface area contributed by atoms with Crippen LogP contribution in [-0.2, 0) is 4.74 Å². The predicted molar refractivity (Wildman–Crippen MR) is 69.5 cm³/mol. The van der Waals surface area contributed by atoms with Gasteiger partial charge in [0, 0.05) is 12.6 Å². The molecule has 0 aromatic carbocycles. The van der Waals surface area contributed by atoms with Crippen LogP contribution in [-0.4, -0.2) is 60.8 Å². The molecule has 1 heterocycles. The van der Waals surface area contributed by atoms with E-state index in [0.29, 0.717) is 6.04 Å². The fraction of sp³-hybridized carbons (Fsp3) is 1.00. The number of likely N-dealkylation sites (N-methyl/N-ethyl adjacent to an activating group) is 1. The van der Waals surface area contributed by atoms with Crippen LogP contribution in [0.15, 0.2) is 0 Å². The van der Waals surface area contributed by atoms with Crippen molar-refractivity contribution in [2.24, 2.45) is 0 Å². The van der Waals surface area contributed by atoms with Gasteiger partial charge in [-0.25, -0.2) is 0 Å². The number of hydrogen-bond acceptors (Lipinski definition) is 5. The van der Waals surface area contributed by atoms with Gasteiger partial charge in [0.25, 0.3) is 0 Å². The van der Waals surface area contributed by atoms with Crippen molar-refractivity contribution in [3.05, 3.63) is 0 Å². The fourth-order valence-corrected chi connectivity index (χ4v) is 3.11. The Balaban J connectivity index is 1.80. The van der Waals surface area contributed by atoms with Crippen molar-refractivity contribution < 1.29 is 14.9 Å². The van der Waals surface area contributed by atoms with Gasteiger partial charge in [0.1, 0.15) is 12.2 Å². The summed E-state index contributed by atoms with van der Waals surface area (Å²) in [6.07, 6.45) is 5.29. The lowest BCUT2D eigenvalue weighted by atomic mass is 9.95. The van der Waals surface area contributed by atoms with Crippen LogP contribution in [0.3, 0.4) is 0 Å². The second kappa shape index (κ2) is 6.82. The van der Waals surface area contributed by atoms with Crippen molar-refractivity contribution in [3.63, 3.8) is 0 Å². The minimum atomic E-state index is -0.627. The Morgan fingerprint density at radius 2 is 1.89 bits per heavy atom. The molecule has 106 valence electrons. The van der Waals surface area contributed by atoms with Crippen molar-refractivity contribution in [2.45, 2.75) is 62.5 Å². The van der Waals surface area contributed by atoms with Crippen LogP contribution in [0.4, 0.5) is 0 Å². The van der Waals surface area contributed by atoms with E-state index in [0.717, 1.165) is 6.54 Å². The van der Waals surface area contributed by atoms with Gasteiger partial charge in [-0.1, -0.05) is 19.3 Å². The number of aliphatic hydroxyl groups excluding tert-OH is 2. The molecule has 0 bridgehead atoms. The number of rotatable bonds is 5. The monoisotopic (exact) mass is 258 g/mol. The summed E-state index contributed by atoms with van der Waals surface area (Å²) >= 11 is 0. The van der Waals surface area contributed by atoms with Gasteiger partial charge in [0.2, 0.25) is 0 Å². The molecular formula is C13H26N2O3. The number of nitrogens with one attached hydrogen (secondary N) is 2. The lowest BCUT2D eigenvalue weighted by molar-refractivity contribution is -0.0219. The topological polar surface area (TPSA) is 73.8 Å². The second-order valence-electron chi connectivity index (χ2n) is 5.44. The van der Waals surface area contributed by atoms with E-state index in [1.165, 1.54) is 32.1 Å². The summed E-state index contributed by atoms with van der Waals surface area (Å²) in [5.74, 6) is 0. The van der Waals surface area contributed by atoms with E-state index in [2.05, 4.69) is 10.6 Å². The largest absolute Gasteiger partial charge is 0.394 e. The fourth-order valence-electron chi connectivity index (χ4n) is 3.11. The van der Waals surface area contributed by atoms with Gasteiger partial charge in [-0.3, -0.25) is 0 Å². The lowest BCUT2D eigenvalue weighted by Gasteiger charge is -2.26. The molecular weight excluding hydrogens is 232 g/mol. The highest BCUT2D eigenvalue weighted by molar-refractivity contribution is 4.96. The highest BCUT2D eigenvalue weighted by Gasteiger charge is 2.42. The highest BCUT2D eigenvalue weighted by atomic mass is 16.5. The van der Waals surface area contributed by atoms with Crippen LogP contribution in [0.25, 0.3) is 0 Å². The SMILES string of the molecule is CNC1C(CNC2CCCCC2)OC(CO)C1O. The third-order valence-corrected chi connectivity index (χ3v) is 4.23. The van der Waals surface area contributed by atoms with E-state index in [9.17, 15) is 5.11 Å². The first kappa shape index (κ1) is 14.2. The number of hydrogen-bond donors (Lipinski definition) is 4. The molecule has 1 aliphatic heterocycles. The molecule has 0 aromatic rings. The summed E-state index contributed by atoms with van der Waals surface area (Å²) < 4.78 is 5.69. The molecule has 0 spiro atoms. The van der Waals surface area contributed by atoms with Crippen LogP contribution < -0.4 is 10.6 Å². The van der Waals surface area contributed by atoms with Crippen LogP contribution in [0.1, 0.15) is 32.1 Å². The molecule has 18 heavy (non-hydrogen) atoms. The Kier molecular flexibility index (Phi) is 5.38. The van der Waals surface area contributed by atoms with Crippen LogP contribution in [0.5, 0.6) is 0 Å². The number of aliphatic hydroxyl groups is 2. The molecule has 0 radical (unpaired) electrons. The van der Waals surface area contributed by atoms with E-state index in [4.69, 9.17) is 9.84 Å². The van der Waals surface area contributed by atoms with Crippen molar-refractivity contribution in [2.75, 3.05) is 20.2 Å². The van der Waals surface area contributed by atoms with Crippen molar-refractivity contribution in [1.82, 2.24) is 10.6 Å². The minimum absolute atomic E-state index is 0.0657. The summed E-state index contributed by atoms with van der Waals surface area (Å²) in [5.41, 5.74) is 0. The Hall–Kier alpha value is -0.200. The molecule has 1 saturated heterocycles. The first-order valence-electron chi connectivity index (χ1n) is 7.11. The normalized spacial score (nSPS) is 38.2. The minimum Gasteiger partial charge on any atom is -0.394 e. The Morgan fingerprint density at radius 3 is 2.50 bits per heavy atom. The summed E-state index contributed by atoms with van der Waals surface area (Å²) in [6, 6.07) is 0.489. The quantitative estimate of drug-likeness (QED) is 0.541. The third-order valence-electron chi connectivity index (χ3n) is 4.23. The van der Waals surface area contributed by atoms with Crippen molar-refractivity contribution in [1.29, 1.82) is 0 Å². The molecule has 2 fully saturated rings. The molecule has 4 atom stereocenters. The molecule has 1 saturated carbocycles. The third kappa shape index (κ3) is 3.22. The molecule has 1 aliphatic carbocycles. The van der Waals surface area contributed by atoms with E-state index in [1.807, 2.05) is 7.05 Å². The highest BCUT2D eigenvalue weighted by Crippen LogP contribution is 2.22. The van der Waals surface area contributed by atoms with Crippen molar-refractivity contribution >= 4 is 0 Å². The maximum absolute atomic E-state index is 9.98. The molecule has 5 nitrogen and oxygen atoms in total. The zero-order valence-electron chi connectivity index (χ0n) is 11.1. The van der Waals surface area contributed by atoms with Crippen LogP contribution in [0, 0.1) is 0 Å². The maximum atomic E-state index is 9.98. The van der Waals surface area contributed by atoms with E-state index < -0.39 is 12.2 Å². The van der Waals surface area contributed by atoms with Gasteiger partial charge in [0.05, 0.1) is 18.8 Å².